The van der Waals surface area contributed by atoms with Gasteiger partial charge in [0.1, 0.15) is 5.82 Å². The summed E-state index contributed by atoms with van der Waals surface area (Å²) in [6.07, 6.45) is 4.11. The standard InChI is InChI=1S/C18H23FN2O2/c19-15-3-1-2-14(10-15)18(4-5-18)11-20-16(22)21-8-6-17(12-21)7-9-23-13-17/h1-3,10H,4-9,11-13H2,(H,20,22)/t17-/m0/s1. The number of ether oxygens (including phenoxy) is 1. The number of carbonyl (C=O) groups excluding carboxylic acids is 1. The van der Waals surface area contributed by atoms with Crippen LogP contribution in [0.2, 0.25) is 0 Å². The highest BCUT2D eigenvalue weighted by atomic mass is 19.1. The molecule has 4 rings (SSSR count). The molecule has 0 bridgehead atoms. The third-order valence-corrected chi connectivity index (χ3v) is 5.78. The normalized spacial score (nSPS) is 28.3. The molecule has 23 heavy (non-hydrogen) atoms. The summed E-state index contributed by atoms with van der Waals surface area (Å²) in [5.74, 6) is -0.206. The van der Waals surface area contributed by atoms with Gasteiger partial charge in [0.25, 0.3) is 0 Å². The predicted molar refractivity (Wildman–Crippen MR) is 84.8 cm³/mol. The summed E-state index contributed by atoms with van der Waals surface area (Å²) < 4.78 is 18.9. The Morgan fingerprint density at radius 3 is 2.87 bits per heavy atom. The highest BCUT2D eigenvalue weighted by Crippen LogP contribution is 2.47. The number of nitrogens with one attached hydrogen (secondary N) is 1. The van der Waals surface area contributed by atoms with Crippen molar-refractivity contribution in [1.29, 1.82) is 0 Å². The third kappa shape index (κ3) is 2.82. The fraction of sp³-hybridized carbons (Fsp3) is 0.611. The molecule has 2 heterocycles. The van der Waals surface area contributed by atoms with E-state index in [-0.39, 0.29) is 22.7 Å². The molecule has 1 spiro atoms. The topological polar surface area (TPSA) is 41.6 Å². The summed E-state index contributed by atoms with van der Waals surface area (Å²) >= 11 is 0. The zero-order chi connectivity index (χ0) is 15.9. The molecule has 2 amide bonds. The monoisotopic (exact) mass is 318 g/mol. The van der Waals surface area contributed by atoms with Gasteiger partial charge in [-0.15, -0.1) is 0 Å². The molecule has 2 aliphatic heterocycles. The summed E-state index contributed by atoms with van der Waals surface area (Å²) in [6, 6.07) is 6.78. The number of rotatable bonds is 3. The van der Waals surface area contributed by atoms with Crippen molar-refractivity contribution in [1.82, 2.24) is 10.2 Å². The van der Waals surface area contributed by atoms with Gasteiger partial charge in [-0.1, -0.05) is 12.1 Å². The van der Waals surface area contributed by atoms with Gasteiger partial charge in [0.2, 0.25) is 0 Å². The number of hydrogen-bond donors (Lipinski definition) is 1. The third-order valence-electron chi connectivity index (χ3n) is 5.78. The number of urea groups is 1. The Kier molecular flexibility index (Phi) is 3.56. The number of likely N-dealkylation sites (tertiary alicyclic amines) is 1. The summed E-state index contributed by atoms with van der Waals surface area (Å²) in [5.41, 5.74) is 1.13. The summed E-state index contributed by atoms with van der Waals surface area (Å²) in [4.78, 5) is 14.4. The van der Waals surface area contributed by atoms with Crippen LogP contribution in [-0.2, 0) is 10.2 Å². The number of amides is 2. The first-order valence-electron chi connectivity index (χ1n) is 8.48. The number of benzene rings is 1. The van der Waals surface area contributed by atoms with E-state index < -0.39 is 0 Å². The molecule has 0 unspecified atom stereocenters. The predicted octanol–water partition coefficient (Wildman–Crippen LogP) is 2.68. The first kappa shape index (κ1) is 14.9. The van der Waals surface area contributed by atoms with Crippen LogP contribution in [0.5, 0.6) is 0 Å². The number of halogens is 1. The summed E-state index contributed by atoms with van der Waals surface area (Å²) in [5, 5.41) is 3.08. The van der Waals surface area contributed by atoms with E-state index in [1.165, 1.54) is 6.07 Å². The van der Waals surface area contributed by atoms with Crippen LogP contribution in [0.25, 0.3) is 0 Å². The van der Waals surface area contributed by atoms with E-state index in [4.69, 9.17) is 4.74 Å². The van der Waals surface area contributed by atoms with Crippen molar-refractivity contribution in [2.45, 2.75) is 31.1 Å². The van der Waals surface area contributed by atoms with Crippen LogP contribution in [0.4, 0.5) is 9.18 Å². The lowest BCUT2D eigenvalue weighted by Crippen LogP contribution is -2.43. The molecular formula is C18H23FN2O2. The lowest BCUT2D eigenvalue weighted by atomic mass is 9.87. The van der Waals surface area contributed by atoms with Gasteiger partial charge in [-0.25, -0.2) is 9.18 Å². The molecule has 1 aliphatic carbocycles. The molecule has 3 fully saturated rings. The highest BCUT2D eigenvalue weighted by Gasteiger charge is 2.46. The second-order valence-corrected chi connectivity index (χ2v) is 7.42. The number of hydrogen-bond acceptors (Lipinski definition) is 2. The lowest BCUT2D eigenvalue weighted by molar-refractivity contribution is 0.152. The van der Waals surface area contributed by atoms with E-state index in [0.29, 0.717) is 6.54 Å². The van der Waals surface area contributed by atoms with Crippen LogP contribution >= 0.6 is 0 Å². The maximum absolute atomic E-state index is 13.4. The zero-order valence-electron chi connectivity index (χ0n) is 13.3. The van der Waals surface area contributed by atoms with Gasteiger partial charge >= 0.3 is 6.03 Å². The number of nitrogens with zero attached hydrogens (tertiary/aromatic N) is 1. The zero-order valence-corrected chi connectivity index (χ0v) is 13.3. The minimum absolute atomic E-state index is 0.0106. The second-order valence-electron chi connectivity index (χ2n) is 7.42. The maximum Gasteiger partial charge on any atom is 0.317 e. The minimum atomic E-state index is -0.206. The molecule has 3 aliphatic rings. The van der Waals surface area contributed by atoms with Crippen LogP contribution in [0, 0.1) is 11.2 Å². The molecule has 1 aromatic rings. The summed E-state index contributed by atoms with van der Waals surface area (Å²) in [7, 11) is 0. The van der Waals surface area contributed by atoms with Crippen LogP contribution in [0.1, 0.15) is 31.2 Å². The van der Waals surface area contributed by atoms with Gasteiger partial charge in [0, 0.05) is 37.1 Å². The molecular weight excluding hydrogens is 295 g/mol. The van der Waals surface area contributed by atoms with E-state index in [0.717, 1.165) is 57.6 Å². The van der Waals surface area contributed by atoms with Crippen LogP contribution in [0.3, 0.4) is 0 Å². The molecule has 124 valence electrons. The Balaban J connectivity index is 1.35. The molecule has 1 N–H and O–H groups in total. The van der Waals surface area contributed by atoms with Gasteiger partial charge in [0.05, 0.1) is 6.61 Å². The summed E-state index contributed by atoms with van der Waals surface area (Å²) in [6.45, 7) is 3.80. The van der Waals surface area contributed by atoms with Crippen LogP contribution < -0.4 is 5.32 Å². The van der Waals surface area contributed by atoms with Crippen molar-refractivity contribution in [3.63, 3.8) is 0 Å². The van der Waals surface area contributed by atoms with Gasteiger partial charge in [-0.05, 0) is 43.4 Å². The SMILES string of the molecule is O=C(NCC1(c2cccc(F)c2)CC1)N1CC[C@]2(CCOC2)C1. The Morgan fingerprint density at radius 1 is 1.30 bits per heavy atom. The van der Waals surface area contributed by atoms with E-state index >= 15 is 0 Å². The van der Waals surface area contributed by atoms with Gasteiger partial charge in [0.15, 0.2) is 0 Å². The Labute approximate surface area is 136 Å². The first-order valence-corrected chi connectivity index (χ1v) is 8.48. The maximum atomic E-state index is 13.4. The van der Waals surface area contributed by atoms with Crippen molar-refractivity contribution in [2.75, 3.05) is 32.8 Å². The molecule has 1 saturated carbocycles. The van der Waals surface area contributed by atoms with Gasteiger partial charge in [-0.3, -0.25) is 0 Å². The molecule has 0 aromatic heterocycles. The fourth-order valence-electron chi connectivity index (χ4n) is 3.97. The Morgan fingerprint density at radius 2 is 2.17 bits per heavy atom. The highest BCUT2D eigenvalue weighted by molar-refractivity contribution is 5.74. The lowest BCUT2D eigenvalue weighted by Gasteiger charge is -2.24. The average molecular weight is 318 g/mol. The van der Waals surface area contributed by atoms with Crippen molar-refractivity contribution >= 4 is 6.03 Å². The number of carbonyl (C=O) groups is 1. The van der Waals surface area contributed by atoms with Gasteiger partial charge in [-0.2, -0.15) is 0 Å². The quantitative estimate of drug-likeness (QED) is 0.931. The van der Waals surface area contributed by atoms with Crippen molar-refractivity contribution < 1.29 is 13.9 Å². The molecule has 1 atom stereocenters. The Hall–Kier alpha value is -1.62. The van der Waals surface area contributed by atoms with E-state index in [1.807, 2.05) is 11.0 Å². The van der Waals surface area contributed by atoms with Crippen molar-refractivity contribution in [3.05, 3.63) is 35.6 Å². The van der Waals surface area contributed by atoms with Crippen LogP contribution in [0.15, 0.2) is 24.3 Å². The fourth-order valence-corrected chi connectivity index (χ4v) is 3.97. The van der Waals surface area contributed by atoms with Crippen molar-refractivity contribution in [3.8, 4) is 0 Å². The molecule has 0 radical (unpaired) electrons. The van der Waals surface area contributed by atoms with Gasteiger partial charge < -0.3 is 15.0 Å². The second kappa shape index (κ2) is 5.48. The smallest absolute Gasteiger partial charge is 0.317 e. The molecule has 4 nitrogen and oxygen atoms in total. The Bertz CT molecular complexity index is 609. The molecule has 2 saturated heterocycles. The molecule has 1 aromatic carbocycles. The average Bonchev–Trinajstić information content (AvgIpc) is 3.02. The van der Waals surface area contributed by atoms with Crippen molar-refractivity contribution in [2.24, 2.45) is 5.41 Å². The van der Waals surface area contributed by atoms with E-state index in [1.54, 1.807) is 12.1 Å². The molecule has 5 heteroatoms. The van der Waals surface area contributed by atoms with Crippen LogP contribution in [-0.4, -0.2) is 43.8 Å². The van der Waals surface area contributed by atoms with E-state index in [2.05, 4.69) is 5.32 Å². The van der Waals surface area contributed by atoms with E-state index in [9.17, 15) is 9.18 Å². The minimum Gasteiger partial charge on any atom is -0.381 e. The first-order chi connectivity index (χ1) is 11.1. The largest absolute Gasteiger partial charge is 0.381 e.